The van der Waals surface area contributed by atoms with Crippen molar-refractivity contribution in [3.8, 4) is 0 Å². The molecule has 280 valence electrons. The van der Waals surface area contributed by atoms with Gasteiger partial charge in [0.05, 0.1) is 32.4 Å². The summed E-state index contributed by atoms with van der Waals surface area (Å²) in [4.78, 5) is 65.8. The van der Waals surface area contributed by atoms with Gasteiger partial charge in [-0.05, 0) is 54.7 Å². The molecule has 0 saturated heterocycles. The first-order chi connectivity index (χ1) is 24.4. The van der Waals surface area contributed by atoms with E-state index in [-0.39, 0.29) is 30.7 Å². The predicted molar refractivity (Wildman–Crippen MR) is 192 cm³/mol. The fourth-order valence-electron chi connectivity index (χ4n) is 6.17. The quantitative estimate of drug-likeness (QED) is 0.104. The van der Waals surface area contributed by atoms with Gasteiger partial charge in [0.1, 0.15) is 18.2 Å². The standard InChI is InChI=1S/C38H55N5O8/c1-25(2)32(40-37(47)49-5)34(44)39-30(22-27-16-10-7-11-17-27)31(51-36(46)29-20-14-9-15-21-29)24-43(23-28-18-12-8-13-19-28)42-35(45)33(26(3)4)41-38(48)50-6/h7,9-11,14-17,20-21,25-26,28,30-33H,8,12-13,18-19,22-24H2,1-6H3,(H,39,44)(H,40,47)(H,41,48)(H,42,45)/t30-,31-,32-,33-/m0/s1. The summed E-state index contributed by atoms with van der Waals surface area (Å²) in [6, 6.07) is 15.4. The molecule has 0 heterocycles. The van der Waals surface area contributed by atoms with Gasteiger partial charge in [-0.15, -0.1) is 0 Å². The van der Waals surface area contributed by atoms with Gasteiger partial charge < -0.3 is 30.2 Å². The lowest BCUT2D eigenvalue weighted by molar-refractivity contribution is -0.131. The SMILES string of the molecule is COC(=O)N[C@H](C(=O)N[C@@H](Cc1ccccc1)[C@H](CN(CC1CCCCC1)NC(=O)[C@@H](NC(=O)OC)C(C)C)OC(=O)c1ccccc1)C(C)C. The van der Waals surface area contributed by atoms with Crippen LogP contribution in [0.15, 0.2) is 60.7 Å². The van der Waals surface area contributed by atoms with Crippen molar-refractivity contribution in [2.75, 3.05) is 27.3 Å². The van der Waals surface area contributed by atoms with Crippen LogP contribution in [0.1, 0.15) is 75.7 Å². The number of nitrogens with one attached hydrogen (secondary N) is 4. The number of rotatable bonds is 17. The maximum absolute atomic E-state index is 13.9. The number of carbonyl (C=O) groups is 5. The number of hydrogen-bond acceptors (Lipinski definition) is 9. The Bertz CT molecular complexity index is 1400. The number of carbonyl (C=O) groups excluding carboxylic acids is 5. The van der Waals surface area contributed by atoms with Crippen molar-refractivity contribution in [3.05, 3.63) is 71.8 Å². The summed E-state index contributed by atoms with van der Waals surface area (Å²) in [5.74, 6) is -1.85. The molecule has 2 aromatic rings. The van der Waals surface area contributed by atoms with E-state index in [2.05, 4.69) is 21.4 Å². The van der Waals surface area contributed by atoms with Crippen LogP contribution >= 0.6 is 0 Å². The fraction of sp³-hybridized carbons (Fsp3) is 0.553. The molecule has 4 atom stereocenters. The summed E-state index contributed by atoms with van der Waals surface area (Å²) in [5, 5.41) is 10.0. The third-order valence-corrected chi connectivity index (χ3v) is 9.03. The highest BCUT2D eigenvalue weighted by molar-refractivity contribution is 5.90. The molecule has 1 aliphatic carbocycles. The van der Waals surface area contributed by atoms with Gasteiger partial charge in [0, 0.05) is 6.54 Å². The first-order valence-corrected chi connectivity index (χ1v) is 17.8. The molecule has 0 aliphatic heterocycles. The number of esters is 1. The van der Waals surface area contributed by atoms with Crippen molar-refractivity contribution < 1.29 is 38.2 Å². The minimum atomic E-state index is -0.984. The topological polar surface area (TPSA) is 164 Å². The molecule has 1 saturated carbocycles. The highest BCUT2D eigenvalue weighted by Crippen LogP contribution is 2.25. The summed E-state index contributed by atoms with van der Waals surface area (Å²) in [6.45, 7) is 7.70. The molecular formula is C38H55N5O8. The van der Waals surface area contributed by atoms with E-state index in [0.717, 1.165) is 37.7 Å². The van der Waals surface area contributed by atoms with E-state index >= 15 is 0 Å². The molecule has 4 N–H and O–H groups in total. The minimum Gasteiger partial charge on any atom is -0.455 e. The van der Waals surface area contributed by atoms with Crippen LogP contribution in [-0.4, -0.2) is 86.5 Å². The zero-order valence-corrected chi connectivity index (χ0v) is 30.7. The third-order valence-electron chi connectivity index (χ3n) is 9.03. The van der Waals surface area contributed by atoms with Crippen molar-refractivity contribution in [3.63, 3.8) is 0 Å². The Kier molecular flexibility index (Phi) is 16.7. The van der Waals surface area contributed by atoms with E-state index in [4.69, 9.17) is 14.2 Å². The van der Waals surface area contributed by atoms with Crippen LogP contribution in [0.2, 0.25) is 0 Å². The van der Waals surface area contributed by atoms with Gasteiger partial charge >= 0.3 is 18.2 Å². The molecule has 3 rings (SSSR count). The number of hydrogen-bond donors (Lipinski definition) is 4. The van der Waals surface area contributed by atoms with E-state index in [1.54, 1.807) is 49.2 Å². The summed E-state index contributed by atoms with van der Waals surface area (Å²) in [5.41, 5.74) is 4.21. The van der Waals surface area contributed by atoms with E-state index < -0.39 is 54.2 Å². The van der Waals surface area contributed by atoms with Gasteiger partial charge in [0.2, 0.25) is 5.91 Å². The minimum absolute atomic E-state index is 0.0123. The van der Waals surface area contributed by atoms with Gasteiger partial charge in [-0.3, -0.25) is 15.0 Å². The van der Waals surface area contributed by atoms with Crippen LogP contribution in [-0.2, 0) is 30.2 Å². The second-order valence-corrected chi connectivity index (χ2v) is 13.7. The van der Waals surface area contributed by atoms with E-state index in [0.29, 0.717) is 12.1 Å². The molecule has 1 aliphatic rings. The van der Waals surface area contributed by atoms with Crippen LogP contribution in [0.5, 0.6) is 0 Å². The summed E-state index contributed by atoms with van der Waals surface area (Å²) in [6.07, 6.45) is 3.00. The Labute approximate surface area is 301 Å². The Morgan fingerprint density at radius 3 is 1.78 bits per heavy atom. The zero-order valence-electron chi connectivity index (χ0n) is 30.7. The lowest BCUT2D eigenvalue weighted by Gasteiger charge is -2.36. The van der Waals surface area contributed by atoms with E-state index in [9.17, 15) is 24.0 Å². The third kappa shape index (κ3) is 13.5. The lowest BCUT2D eigenvalue weighted by Crippen LogP contribution is -2.60. The first-order valence-electron chi connectivity index (χ1n) is 17.8. The van der Waals surface area contributed by atoms with Crippen LogP contribution in [0.4, 0.5) is 9.59 Å². The normalized spacial score (nSPS) is 15.6. The Hall–Kier alpha value is -4.65. The molecule has 4 amide bonds. The summed E-state index contributed by atoms with van der Waals surface area (Å²) >= 11 is 0. The van der Waals surface area contributed by atoms with Crippen molar-refractivity contribution >= 4 is 30.0 Å². The smallest absolute Gasteiger partial charge is 0.407 e. The Balaban J connectivity index is 2.05. The fourth-order valence-corrected chi connectivity index (χ4v) is 6.17. The molecule has 51 heavy (non-hydrogen) atoms. The lowest BCUT2D eigenvalue weighted by atomic mass is 9.89. The molecule has 0 unspecified atom stereocenters. The van der Waals surface area contributed by atoms with Gasteiger partial charge in [-0.25, -0.2) is 19.4 Å². The van der Waals surface area contributed by atoms with Gasteiger partial charge in [0.25, 0.3) is 5.91 Å². The first kappa shape index (κ1) is 40.8. The monoisotopic (exact) mass is 709 g/mol. The van der Waals surface area contributed by atoms with Crippen LogP contribution in [0.25, 0.3) is 0 Å². The highest BCUT2D eigenvalue weighted by atomic mass is 16.5. The number of benzene rings is 2. The van der Waals surface area contributed by atoms with Crippen molar-refractivity contribution in [2.24, 2.45) is 17.8 Å². The number of alkyl carbamates (subject to hydrolysis) is 2. The number of nitrogens with zero attached hydrogens (tertiary/aromatic N) is 1. The number of methoxy groups -OCH3 is 2. The van der Waals surface area contributed by atoms with Crippen molar-refractivity contribution in [1.29, 1.82) is 0 Å². The van der Waals surface area contributed by atoms with Crippen LogP contribution in [0, 0.1) is 17.8 Å². The molecule has 0 radical (unpaired) electrons. The molecule has 13 heteroatoms. The number of amides is 4. The van der Waals surface area contributed by atoms with Gasteiger partial charge in [-0.1, -0.05) is 95.5 Å². The second-order valence-electron chi connectivity index (χ2n) is 13.7. The molecule has 2 aromatic carbocycles. The Morgan fingerprint density at radius 2 is 1.25 bits per heavy atom. The van der Waals surface area contributed by atoms with E-state index in [1.165, 1.54) is 14.2 Å². The average molecular weight is 710 g/mol. The molecule has 0 spiro atoms. The molecule has 13 nitrogen and oxygen atoms in total. The maximum Gasteiger partial charge on any atom is 0.407 e. The van der Waals surface area contributed by atoms with Crippen molar-refractivity contribution in [1.82, 2.24) is 26.4 Å². The van der Waals surface area contributed by atoms with Gasteiger partial charge in [-0.2, -0.15) is 0 Å². The summed E-state index contributed by atoms with van der Waals surface area (Å²) in [7, 11) is 2.46. The van der Waals surface area contributed by atoms with Crippen LogP contribution < -0.4 is 21.4 Å². The highest BCUT2D eigenvalue weighted by Gasteiger charge is 2.35. The zero-order chi connectivity index (χ0) is 37.3. The molecule has 1 fully saturated rings. The summed E-state index contributed by atoms with van der Waals surface area (Å²) < 4.78 is 15.8. The number of hydrazine groups is 1. The van der Waals surface area contributed by atoms with Gasteiger partial charge in [0.15, 0.2) is 0 Å². The predicted octanol–water partition coefficient (Wildman–Crippen LogP) is 4.61. The molecular weight excluding hydrogens is 654 g/mol. The van der Waals surface area contributed by atoms with E-state index in [1.807, 2.05) is 44.2 Å². The molecule has 0 bridgehead atoms. The maximum atomic E-state index is 13.9. The Morgan fingerprint density at radius 1 is 0.725 bits per heavy atom. The molecule has 0 aromatic heterocycles. The second kappa shape index (κ2) is 20.9. The van der Waals surface area contributed by atoms with Crippen LogP contribution in [0.3, 0.4) is 0 Å². The largest absolute Gasteiger partial charge is 0.455 e. The van der Waals surface area contributed by atoms with Crippen molar-refractivity contribution in [2.45, 2.75) is 90.4 Å². The average Bonchev–Trinajstić information content (AvgIpc) is 3.12. The number of ether oxygens (including phenoxy) is 3.